The lowest BCUT2D eigenvalue weighted by atomic mass is 10.1. The summed E-state index contributed by atoms with van der Waals surface area (Å²) in [6.45, 7) is 1.69. The Labute approximate surface area is 136 Å². The fourth-order valence-electron chi connectivity index (χ4n) is 2.19. The second-order valence-electron chi connectivity index (χ2n) is 5.47. The van der Waals surface area contributed by atoms with E-state index in [1.165, 1.54) is 17.7 Å². The summed E-state index contributed by atoms with van der Waals surface area (Å²) in [7, 11) is 1.81. The molecule has 0 saturated heterocycles. The molecule has 0 unspecified atom stereocenters. The zero-order valence-corrected chi connectivity index (χ0v) is 13.3. The molecule has 0 aliphatic carbocycles. The van der Waals surface area contributed by atoms with E-state index in [0.717, 1.165) is 18.4 Å². The molecule has 0 aliphatic rings. The molecule has 0 spiro atoms. The van der Waals surface area contributed by atoms with E-state index < -0.39 is 0 Å². The highest BCUT2D eigenvalue weighted by Crippen LogP contribution is 2.03. The Morgan fingerprint density at radius 3 is 2.43 bits per heavy atom. The number of amides is 1. The van der Waals surface area contributed by atoms with Crippen molar-refractivity contribution in [2.24, 2.45) is 0 Å². The van der Waals surface area contributed by atoms with Gasteiger partial charge in [0.25, 0.3) is 0 Å². The molecule has 0 aliphatic heterocycles. The number of nitrogens with zero attached hydrogens (tertiary/aromatic N) is 2. The van der Waals surface area contributed by atoms with E-state index in [1.807, 2.05) is 19.2 Å². The Balaban J connectivity index is 1.63. The van der Waals surface area contributed by atoms with Crippen molar-refractivity contribution >= 4 is 5.91 Å². The highest BCUT2D eigenvalue weighted by molar-refractivity contribution is 5.77. The number of pyridine rings is 1. The minimum absolute atomic E-state index is 0.0677. The fourth-order valence-corrected chi connectivity index (χ4v) is 2.19. The predicted molar refractivity (Wildman–Crippen MR) is 88.6 cm³/mol. The number of likely N-dealkylation sites (N-methyl/N-ethyl adjacent to an activating group) is 1. The SMILES string of the molecule is CN(CCc1ccncc1)C(=O)CNCCc1ccc(F)cc1. The molecule has 0 atom stereocenters. The topological polar surface area (TPSA) is 45.2 Å². The van der Waals surface area contributed by atoms with Crippen molar-refractivity contribution in [3.05, 3.63) is 65.7 Å². The van der Waals surface area contributed by atoms with Crippen LogP contribution in [-0.2, 0) is 17.6 Å². The largest absolute Gasteiger partial charge is 0.344 e. The van der Waals surface area contributed by atoms with Crippen molar-refractivity contribution in [1.82, 2.24) is 15.2 Å². The van der Waals surface area contributed by atoms with Crippen molar-refractivity contribution in [3.8, 4) is 0 Å². The first-order valence-electron chi connectivity index (χ1n) is 7.73. The summed E-state index contributed by atoms with van der Waals surface area (Å²) in [5.41, 5.74) is 2.22. The van der Waals surface area contributed by atoms with Gasteiger partial charge in [-0.25, -0.2) is 4.39 Å². The van der Waals surface area contributed by atoms with Gasteiger partial charge < -0.3 is 10.2 Å². The van der Waals surface area contributed by atoms with E-state index in [9.17, 15) is 9.18 Å². The third-order valence-corrected chi connectivity index (χ3v) is 3.69. The van der Waals surface area contributed by atoms with Crippen molar-refractivity contribution in [2.45, 2.75) is 12.8 Å². The number of rotatable bonds is 8. The maximum Gasteiger partial charge on any atom is 0.236 e. The second-order valence-corrected chi connectivity index (χ2v) is 5.47. The van der Waals surface area contributed by atoms with Gasteiger partial charge in [-0.05, 0) is 54.8 Å². The van der Waals surface area contributed by atoms with Crippen molar-refractivity contribution in [2.75, 3.05) is 26.7 Å². The zero-order chi connectivity index (χ0) is 16.5. The van der Waals surface area contributed by atoms with Crippen LogP contribution in [0.4, 0.5) is 4.39 Å². The monoisotopic (exact) mass is 315 g/mol. The smallest absolute Gasteiger partial charge is 0.236 e. The Morgan fingerprint density at radius 2 is 1.74 bits per heavy atom. The average Bonchev–Trinajstić information content (AvgIpc) is 2.59. The van der Waals surface area contributed by atoms with E-state index in [0.29, 0.717) is 19.6 Å². The van der Waals surface area contributed by atoms with Gasteiger partial charge in [-0.1, -0.05) is 12.1 Å². The summed E-state index contributed by atoms with van der Waals surface area (Å²) in [4.78, 5) is 17.7. The van der Waals surface area contributed by atoms with Crippen LogP contribution < -0.4 is 5.32 Å². The van der Waals surface area contributed by atoms with Crippen LogP contribution in [0.15, 0.2) is 48.8 Å². The molecule has 122 valence electrons. The van der Waals surface area contributed by atoms with E-state index >= 15 is 0 Å². The Morgan fingerprint density at radius 1 is 1.09 bits per heavy atom. The number of aromatic nitrogens is 1. The third-order valence-electron chi connectivity index (χ3n) is 3.69. The molecule has 0 fully saturated rings. The van der Waals surface area contributed by atoms with Crippen LogP contribution in [0, 0.1) is 5.82 Å². The maximum absolute atomic E-state index is 12.8. The quantitative estimate of drug-likeness (QED) is 0.759. The second kappa shape index (κ2) is 9.00. The summed E-state index contributed by atoms with van der Waals surface area (Å²) < 4.78 is 12.8. The van der Waals surface area contributed by atoms with Crippen LogP contribution in [0.25, 0.3) is 0 Å². The van der Waals surface area contributed by atoms with Crippen LogP contribution in [0.1, 0.15) is 11.1 Å². The molecular weight excluding hydrogens is 293 g/mol. The van der Waals surface area contributed by atoms with Gasteiger partial charge in [0.15, 0.2) is 0 Å². The van der Waals surface area contributed by atoms with E-state index in [4.69, 9.17) is 0 Å². The van der Waals surface area contributed by atoms with Gasteiger partial charge in [-0.3, -0.25) is 9.78 Å². The average molecular weight is 315 g/mol. The van der Waals surface area contributed by atoms with E-state index in [2.05, 4.69) is 10.3 Å². The van der Waals surface area contributed by atoms with Gasteiger partial charge in [0, 0.05) is 26.0 Å². The molecule has 2 rings (SSSR count). The summed E-state index contributed by atoms with van der Waals surface area (Å²) in [5, 5.41) is 3.13. The number of halogens is 1. The lowest BCUT2D eigenvalue weighted by Crippen LogP contribution is -2.37. The minimum Gasteiger partial charge on any atom is -0.344 e. The van der Waals surface area contributed by atoms with E-state index in [1.54, 1.807) is 29.4 Å². The van der Waals surface area contributed by atoms with Gasteiger partial charge in [-0.15, -0.1) is 0 Å². The van der Waals surface area contributed by atoms with Crippen molar-refractivity contribution in [3.63, 3.8) is 0 Å². The molecule has 0 bridgehead atoms. The minimum atomic E-state index is -0.229. The molecule has 23 heavy (non-hydrogen) atoms. The van der Waals surface area contributed by atoms with Crippen molar-refractivity contribution in [1.29, 1.82) is 0 Å². The van der Waals surface area contributed by atoms with Crippen LogP contribution in [-0.4, -0.2) is 42.5 Å². The highest BCUT2D eigenvalue weighted by Gasteiger charge is 2.08. The fraction of sp³-hybridized carbons (Fsp3) is 0.333. The zero-order valence-electron chi connectivity index (χ0n) is 13.3. The normalized spacial score (nSPS) is 10.5. The van der Waals surface area contributed by atoms with Gasteiger partial charge in [0.05, 0.1) is 6.54 Å². The molecule has 4 nitrogen and oxygen atoms in total. The molecule has 5 heteroatoms. The summed E-state index contributed by atoms with van der Waals surface area (Å²) in [6.07, 6.45) is 5.11. The van der Waals surface area contributed by atoms with E-state index in [-0.39, 0.29) is 11.7 Å². The number of carbonyl (C=O) groups is 1. The molecule has 1 N–H and O–H groups in total. The summed E-state index contributed by atoms with van der Waals surface area (Å²) in [5.74, 6) is -0.161. The van der Waals surface area contributed by atoms with Crippen LogP contribution in [0.3, 0.4) is 0 Å². The number of benzene rings is 1. The Bertz CT molecular complexity index is 601. The lowest BCUT2D eigenvalue weighted by Gasteiger charge is -2.17. The number of nitrogens with one attached hydrogen (secondary N) is 1. The number of carbonyl (C=O) groups excluding carboxylic acids is 1. The number of hydrogen-bond acceptors (Lipinski definition) is 3. The van der Waals surface area contributed by atoms with Gasteiger partial charge >= 0.3 is 0 Å². The third kappa shape index (κ3) is 6.16. The molecule has 1 aromatic heterocycles. The molecule has 2 aromatic rings. The molecular formula is C18H22FN3O. The molecule has 1 amide bonds. The first kappa shape index (κ1) is 17.1. The summed E-state index contributed by atoms with van der Waals surface area (Å²) in [6, 6.07) is 10.3. The molecule has 0 saturated carbocycles. The Kier molecular flexibility index (Phi) is 6.69. The molecule has 1 heterocycles. The molecule has 0 radical (unpaired) electrons. The first-order valence-corrected chi connectivity index (χ1v) is 7.73. The predicted octanol–water partition coefficient (Wildman–Crippen LogP) is 2.05. The van der Waals surface area contributed by atoms with Crippen LogP contribution in [0.2, 0.25) is 0 Å². The maximum atomic E-state index is 12.8. The van der Waals surface area contributed by atoms with Crippen LogP contribution in [0.5, 0.6) is 0 Å². The van der Waals surface area contributed by atoms with Gasteiger partial charge in [0.2, 0.25) is 5.91 Å². The Hall–Kier alpha value is -2.27. The first-order chi connectivity index (χ1) is 11.1. The lowest BCUT2D eigenvalue weighted by molar-refractivity contribution is -0.128. The number of hydrogen-bond donors (Lipinski definition) is 1. The molecule has 1 aromatic carbocycles. The van der Waals surface area contributed by atoms with Gasteiger partial charge in [-0.2, -0.15) is 0 Å². The van der Waals surface area contributed by atoms with Crippen LogP contribution >= 0.6 is 0 Å². The highest BCUT2D eigenvalue weighted by atomic mass is 19.1. The van der Waals surface area contributed by atoms with Gasteiger partial charge in [0.1, 0.15) is 5.82 Å². The standard InChI is InChI=1S/C18H22FN3O/c1-22(13-9-16-6-10-20-11-7-16)18(23)14-21-12-8-15-2-4-17(19)5-3-15/h2-7,10-11,21H,8-9,12-14H2,1H3. The van der Waals surface area contributed by atoms with Crippen molar-refractivity contribution < 1.29 is 9.18 Å². The summed E-state index contributed by atoms with van der Waals surface area (Å²) >= 11 is 0.